The Bertz CT molecular complexity index is 223. The van der Waals surface area contributed by atoms with Gasteiger partial charge >= 0.3 is 0 Å². The van der Waals surface area contributed by atoms with Gasteiger partial charge in [-0.2, -0.15) is 11.8 Å². The molecule has 0 saturated carbocycles. The van der Waals surface area contributed by atoms with Crippen LogP contribution in [-0.4, -0.2) is 37.0 Å². The van der Waals surface area contributed by atoms with E-state index in [1.54, 1.807) is 0 Å². The highest BCUT2D eigenvalue weighted by Crippen LogP contribution is 2.19. The van der Waals surface area contributed by atoms with Gasteiger partial charge in [0.15, 0.2) is 0 Å². The number of rotatable bonds is 7. The number of piperidine rings is 1. The van der Waals surface area contributed by atoms with Crippen molar-refractivity contribution in [2.24, 2.45) is 5.92 Å². The molecular formula is C13H26N2OS. The zero-order valence-corrected chi connectivity index (χ0v) is 11.9. The second-order valence-electron chi connectivity index (χ2n) is 4.80. The molecule has 0 radical (unpaired) electrons. The third-order valence-electron chi connectivity index (χ3n) is 3.48. The van der Waals surface area contributed by atoms with Crippen LogP contribution in [-0.2, 0) is 4.79 Å². The van der Waals surface area contributed by atoms with Crippen LogP contribution >= 0.6 is 11.8 Å². The Kier molecular flexibility index (Phi) is 7.69. The number of carbonyl (C=O) groups excluding carboxylic acids is 1. The van der Waals surface area contributed by atoms with Crippen molar-refractivity contribution < 1.29 is 4.79 Å². The fourth-order valence-electron chi connectivity index (χ4n) is 2.27. The van der Waals surface area contributed by atoms with Gasteiger partial charge in [0.05, 0.1) is 6.04 Å². The van der Waals surface area contributed by atoms with Crippen molar-refractivity contribution in [2.75, 3.05) is 25.1 Å². The number of hydrogen-bond acceptors (Lipinski definition) is 3. The lowest BCUT2D eigenvalue weighted by Gasteiger charge is -2.28. The summed E-state index contributed by atoms with van der Waals surface area (Å²) in [7, 11) is 0. The molecule has 2 unspecified atom stereocenters. The minimum absolute atomic E-state index is 0.0502. The maximum Gasteiger partial charge on any atom is 0.237 e. The van der Waals surface area contributed by atoms with Crippen LogP contribution in [0.2, 0.25) is 0 Å². The normalized spacial score (nSPS) is 24.6. The Labute approximate surface area is 109 Å². The number of nitrogens with one attached hydrogen (secondary N) is 2. The summed E-state index contributed by atoms with van der Waals surface area (Å²) in [5.74, 6) is 2.12. The number of unbranched alkanes of at least 4 members (excludes halogenated alkanes) is 1. The Balaban J connectivity index is 2.14. The predicted molar refractivity (Wildman–Crippen MR) is 75.4 cm³/mol. The van der Waals surface area contributed by atoms with E-state index >= 15 is 0 Å². The number of carbonyl (C=O) groups is 1. The molecule has 100 valence electrons. The van der Waals surface area contributed by atoms with Gasteiger partial charge in [0.1, 0.15) is 0 Å². The van der Waals surface area contributed by atoms with Crippen LogP contribution in [0.5, 0.6) is 0 Å². The molecule has 0 bridgehead atoms. The smallest absolute Gasteiger partial charge is 0.237 e. The van der Waals surface area contributed by atoms with Crippen LogP contribution in [0, 0.1) is 5.92 Å². The average Bonchev–Trinajstić information content (AvgIpc) is 2.38. The van der Waals surface area contributed by atoms with Crippen LogP contribution in [0.3, 0.4) is 0 Å². The summed E-state index contributed by atoms with van der Waals surface area (Å²) in [6, 6.07) is 0.0502. The van der Waals surface area contributed by atoms with Crippen molar-refractivity contribution in [3.63, 3.8) is 0 Å². The Morgan fingerprint density at radius 1 is 1.47 bits per heavy atom. The summed E-state index contributed by atoms with van der Waals surface area (Å²) < 4.78 is 0. The molecule has 2 N–H and O–H groups in total. The summed E-state index contributed by atoms with van der Waals surface area (Å²) in [5, 5.41) is 6.36. The monoisotopic (exact) mass is 258 g/mol. The van der Waals surface area contributed by atoms with Crippen LogP contribution in [0.1, 0.15) is 39.0 Å². The molecule has 0 aromatic heterocycles. The highest BCUT2D eigenvalue weighted by atomic mass is 32.2. The Hall–Kier alpha value is -0.220. The van der Waals surface area contributed by atoms with Crippen molar-refractivity contribution in [3.05, 3.63) is 0 Å². The summed E-state index contributed by atoms with van der Waals surface area (Å²) in [6.45, 7) is 4.03. The molecule has 0 spiro atoms. The number of thioether (sulfide) groups is 1. The van der Waals surface area contributed by atoms with Crippen LogP contribution in [0.25, 0.3) is 0 Å². The molecule has 0 aromatic carbocycles. The first kappa shape index (κ1) is 14.8. The molecular weight excluding hydrogens is 232 g/mol. The molecule has 1 amide bonds. The zero-order chi connectivity index (χ0) is 12.5. The van der Waals surface area contributed by atoms with Crippen molar-refractivity contribution in [1.29, 1.82) is 0 Å². The fraction of sp³-hybridized carbons (Fsp3) is 0.923. The first-order valence-electron chi connectivity index (χ1n) is 6.78. The van der Waals surface area contributed by atoms with Gasteiger partial charge in [-0.15, -0.1) is 0 Å². The average molecular weight is 258 g/mol. The lowest BCUT2D eigenvalue weighted by molar-refractivity contribution is -0.124. The topological polar surface area (TPSA) is 41.1 Å². The van der Waals surface area contributed by atoms with Crippen LogP contribution < -0.4 is 10.6 Å². The van der Waals surface area contributed by atoms with Gasteiger partial charge < -0.3 is 10.6 Å². The molecule has 0 aromatic rings. The van der Waals surface area contributed by atoms with E-state index in [0.717, 1.165) is 31.8 Å². The largest absolute Gasteiger partial charge is 0.355 e. The van der Waals surface area contributed by atoms with E-state index in [9.17, 15) is 4.79 Å². The van der Waals surface area contributed by atoms with E-state index in [4.69, 9.17) is 0 Å². The molecule has 1 heterocycles. The van der Waals surface area contributed by atoms with E-state index in [1.165, 1.54) is 25.0 Å². The van der Waals surface area contributed by atoms with Gasteiger partial charge in [-0.05, 0) is 50.2 Å². The Morgan fingerprint density at radius 3 is 3.00 bits per heavy atom. The molecule has 4 heteroatoms. The summed E-state index contributed by atoms with van der Waals surface area (Å²) in [6.07, 6.45) is 7.82. The molecule has 0 aliphatic carbocycles. The Morgan fingerprint density at radius 2 is 2.29 bits per heavy atom. The van der Waals surface area contributed by atoms with Gasteiger partial charge in [-0.1, -0.05) is 13.3 Å². The first-order valence-corrected chi connectivity index (χ1v) is 8.17. The molecule has 1 aliphatic rings. The van der Waals surface area contributed by atoms with E-state index in [-0.39, 0.29) is 11.9 Å². The third kappa shape index (κ3) is 5.77. The van der Waals surface area contributed by atoms with Crippen molar-refractivity contribution in [2.45, 2.75) is 45.1 Å². The predicted octanol–water partition coefficient (Wildman–Crippen LogP) is 2.02. The molecule has 2 atom stereocenters. The number of amides is 1. The highest BCUT2D eigenvalue weighted by Gasteiger charge is 2.25. The lowest BCUT2D eigenvalue weighted by Crippen LogP contribution is -2.48. The SMILES string of the molecule is CCC1CCNC(C(=O)NCCCCSC)C1. The molecule has 1 fully saturated rings. The van der Waals surface area contributed by atoms with Gasteiger partial charge in [0.2, 0.25) is 5.91 Å². The summed E-state index contributed by atoms with van der Waals surface area (Å²) in [5.41, 5.74) is 0. The zero-order valence-electron chi connectivity index (χ0n) is 11.1. The molecule has 1 saturated heterocycles. The van der Waals surface area contributed by atoms with Crippen molar-refractivity contribution in [3.8, 4) is 0 Å². The van der Waals surface area contributed by atoms with E-state index in [2.05, 4.69) is 23.8 Å². The molecule has 1 aliphatic heterocycles. The van der Waals surface area contributed by atoms with E-state index in [1.807, 2.05) is 11.8 Å². The van der Waals surface area contributed by atoms with E-state index < -0.39 is 0 Å². The third-order valence-corrected chi connectivity index (χ3v) is 4.18. The molecule has 3 nitrogen and oxygen atoms in total. The van der Waals surface area contributed by atoms with Crippen LogP contribution in [0.15, 0.2) is 0 Å². The molecule has 17 heavy (non-hydrogen) atoms. The highest BCUT2D eigenvalue weighted by molar-refractivity contribution is 7.98. The summed E-state index contributed by atoms with van der Waals surface area (Å²) in [4.78, 5) is 11.9. The quantitative estimate of drug-likeness (QED) is 0.687. The second kappa shape index (κ2) is 8.81. The van der Waals surface area contributed by atoms with Gasteiger partial charge in [-0.3, -0.25) is 4.79 Å². The molecule has 1 rings (SSSR count). The van der Waals surface area contributed by atoms with Crippen LogP contribution in [0.4, 0.5) is 0 Å². The maximum absolute atomic E-state index is 11.9. The first-order chi connectivity index (χ1) is 8.27. The standard InChI is InChI=1S/C13H26N2OS/c1-3-11-6-8-14-12(10-11)13(16)15-7-4-5-9-17-2/h11-12,14H,3-10H2,1-2H3,(H,15,16). The number of hydrogen-bond donors (Lipinski definition) is 2. The van der Waals surface area contributed by atoms with Gasteiger partial charge in [-0.25, -0.2) is 0 Å². The maximum atomic E-state index is 11.9. The second-order valence-corrected chi connectivity index (χ2v) is 5.78. The summed E-state index contributed by atoms with van der Waals surface area (Å²) >= 11 is 1.87. The van der Waals surface area contributed by atoms with Crippen molar-refractivity contribution >= 4 is 17.7 Å². The minimum Gasteiger partial charge on any atom is -0.355 e. The van der Waals surface area contributed by atoms with Crippen molar-refractivity contribution in [1.82, 2.24) is 10.6 Å². The lowest BCUT2D eigenvalue weighted by atomic mass is 9.90. The minimum atomic E-state index is 0.0502. The fourth-order valence-corrected chi connectivity index (χ4v) is 2.77. The van der Waals surface area contributed by atoms with Gasteiger partial charge in [0, 0.05) is 6.54 Å². The van der Waals surface area contributed by atoms with Gasteiger partial charge in [0.25, 0.3) is 0 Å². The van der Waals surface area contributed by atoms with E-state index in [0.29, 0.717) is 0 Å².